The highest BCUT2D eigenvalue weighted by Gasteiger charge is 2.24. The number of nitrogens with zero attached hydrogens (tertiary/aromatic N) is 2. The van der Waals surface area contributed by atoms with Gasteiger partial charge in [0.05, 0.1) is 10.6 Å². The predicted molar refractivity (Wildman–Crippen MR) is 95.5 cm³/mol. The molecule has 2 aromatic heterocycles. The Labute approximate surface area is 143 Å². The largest absolute Gasteiger partial charge is 0.353 e. The van der Waals surface area contributed by atoms with Gasteiger partial charge in [-0.05, 0) is 45.6 Å². The van der Waals surface area contributed by atoms with E-state index < -0.39 is 0 Å². The molecule has 124 valence electrons. The first-order valence-electron chi connectivity index (χ1n) is 7.86. The number of nitrogens with one attached hydrogen (secondary N) is 1. The average Bonchev–Trinajstić information content (AvgIpc) is 3.03. The summed E-state index contributed by atoms with van der Waals surface area (Å²) >= 11 is 2.97. The molecule has 23 heavy (non-hydrogen) atoms. The Morgan fingerprint density at radius 3 is 2.78 bits per heavy atom. The van der Waals surface area contributed by atoms with Crippen molar-refractivity contribution in [3.63, 3.8) is 0 Å². The van der Waals surface area contributed by atoms with Crippen LogP contribution in [0, 0.1) is 0 Å². The van der Waals surface area contributed by atoms with Crippen LogP contribution in [0.5, 0.6) is 0 Å². The lowest BCUT2D eigenvalue weighted by molar-refractivity contribution is -0.120. The van der Waals surface area contributed by atoms with Crippen LogP contribution in [-0.2, 0) is 24.7 Å². The Morgan fingerprint density at radius 2 is 2.09 bits per heavy atom. The van der Waals surface area contributed by atoms with Crippen molar-refractivity contribution in [2.75, 3.05) is 0 Å². The van der Waals surface area contributed by atoms with E-state index in [1.165, 1.54) is 22.2 Å². The number of carbonyl (C=O) groups is 1. The molecule has 1 aliphatic carbocycles. The van der Waals surface area contributed by atoms with Crippen LogP contribution in [0.2, 0.25) is 0 Å². The van der Waals surface area contributed by atoms with E-state index in [2.05, 4.69) is 10.3 Å². The molecule has 0 fully saturated rings. The summed E-state index contributed by atoms with van der Waals surface area (Å²) in [4.78, 5) is 31.6. The summed E-state index contributed by atoms with van der Waals surface area (Å²) in [5.74, 6) is -0.0342. The molecule has 2 aromatic rings. The van der Waals surface area contributed by atoms with Crippen LogP contribution >= 0.6 is 23.1 Å². The Balaban J connectivity index is 1.95. The minimum Gasteiger partial charge on any atom is -0.353 e. The highest BCUT2D eigenvalue weighted by molar-refractivity contribution is 8.00. The number of amides is 1. The maximum atomic E-state index is 12.7. The number of fused-ring (bicyclic) bond motifs is 3. The third-order valence-electron chi connectivity index (χ3n) is 3.99. The summed E-state index contributed by atoms with van der Waals surface area (Å²) in [6.45, 7) is 5.71. The molecule has 1 aliphatic rings. The third kappa shape index (κ3) is 3.04. The smallest absolute Gasteiger partial charge is 0.262 e. The normalized spacial score (nSPS) is 15.2. The van der Waals surface area contributed by atoms with Gasteiger partial charge in [-0.15, -0.1) is 11.3 Å². The van der Waals surface area contributed by atoms with E-state index in [1.807, 2.05) is 20.8 Å². The lowest BCUT2D eigenvalue weighted by Gasteiger charge is -2.15. The van der Waals surface area contributed by atoms with E-state index >= 15 is 0 Å². The first-order chi connectivity index (χ1) is 10.9. The van der Waals surface area contributed by atoms with E-state index in [1.54, 1.807) is 23.0 Å². The minimum atomic E-state index is -0.292. The first kappa shape index (κ1) is 16.5. The number of aromatic nitrogens is 2. The summed E-state index contributed by atoms with van der Waals surface area (Å²) in [5.41, 5.74) is 1.20. The van der Waals surface area contributed by atoms with Gasteiger partial charge in [0.15, 0.2) is 5.16 Å². The molecule has 1 N–H and O–H groups in total. The molecule has 0 bridgehead atoms. The molecule has 0 saturated heterocycles. The second-order valence-electron chi connectivity index (χ2n) is 6.22. The first-order valence-corrected chi connectivity index (χ1v) is 9.56. The molecule has 5 nitrogen and oxygen atoms in total. The van der Waals surface area contributed by atoms with Crippen molar-refractivity contribution in [1.82, 2.24) is 14.9 Å². The van der Waals surface area contributed by atoms with Gasteiger partial charge in [-0.1, -0.05) is 11.8 Å². The monoisotopic (exact) mass is 351 g/mol. The number of thioether (sulfide) groups is 1. The lowest BCUT2D eigenvalue weighted by Crippen LogP contribution is -2.36. The van der Waals surface area contributed by atoms with Gasteiger partial charge in [0.2, 0.25) is 5.91 Å². The number of rotatable bonds is 4. The summed E-state index contributed by atoms with van der Waals surface area (Å²) in [5, 5.41) is 3.99. The number of hydrogen-bond donors (Lipinski definition) is 1. The summed E-state index contributed by atoms with van der Waals surface area (Å²) in [6.07, 6.45) is 3.16. The zero-order chi connectivity index (χ0) is 16.7. The fourth-order valence-electron chi connectivity index (χ4n) is 2.82. The van der Waals surface area contributed by atoms with Gasteiger partial charge in [0.25, 0.3) is 5.56 Å². The maximum Gasteiger partial charge on any atom is 0.262 e. The van der Waals surface area contributed by atoms with E-state index in [4.69, 9.17) is 0 Å². The third-order valence-corrected chi connectivity index (χ3v) is 6.32. The fraction of sp³-hybridized carbons (Fsp3) is 0.562. The quantitative estimate of drug-likeness (QED) is 0.679. The van der Waals surface area contributed by atoms with Gasteiger partial charge in [-0.3, -0.25) is 14.2 Å². The molecule has 0 aromatic carbocycles. The summed E-state index contributed by atoms with van der Waals surface area (Å²) in [6, 6.07) is 0.102. The van der Waals surface area contributed by atoms with Crippen LogP contribution in [-0.4, -0.2) is 26.8 Å². The molecule has 3 rings (SSSR count). The summed E-state index contributed by atoms with van der Waals surface area (Å²) < 4.78 is 1.58. The predicted octanol–water partition coefficient (Wildman–Crippen LogP) is 2.49. The fourth-order valence-corrected chi connectivity index (χ4v) is 5.01. The molecular weight excluding hydrogens is 330 g/mol. The Kier molecular flexibility index (Phi) is 4.51. The zero-order valence-electron chi connectivity index (χ0n) is 13.8. The molecule has 0 aliphatic heterocycles. The molecule has 1 amide bonds. The Bertz CT molecular complexity index is 823. The molecule has 0 saturated carbocycles. The van der Waals surface area contributed by atoms with Crippen LogP contribution in [0.1, 0.15) is 37.6 Å². The topological polar surface area (TPSA) is 64.0 Å². The van der Waals surface area contributed by atoms with E-state index in [0.29, 0.717) is 5.16 Å². The van der Waals surface area contributed by atoms with Crippen molar-refractivity contribution < 1.29 is 4.79 Å². The lowest BCUT2D eigenvalue weighted by atomic mass is 10.2. The SMILES string of the molecule is CC(C)NC(=O)[C@H](C)Sc1nc2sc3c(c2c(=O)n1C)CCC3. The second-order valence-corrected chi connectivity index (χ2v) is 8.61. The molecule has 1 atom stereocenters. The van der Waals surface area contributed by atoms with Crippen molar-refractivity contribution in [2.24, 2.45) is 7.05 Å². The summed E-state index contributed by atoms with van der Waals surface area (Å²) in [7, 11) is 1.74. The highest BCUT2D eigenvalue weighted by atomic mass is 32.2. The average molecular weight is 351 g/mol. The van der Waals surface area contributed by atoms with Crippen LogP contribution in [0.15, 0.2) is 9.95 Å². The molecular formula is C16H21N3O2S2. The van der Waals surface area contributed by atoms with Gasteiger partial charge < -0.3 is 5.32 Å². The second kappa shape index (κ2) is 6.28. The van der Waals surface area contributed by atoms with Crippen molar-refractivity contribution in [3.05, 3.63) is 20.8 Å². The Hall–Kier alpha value is -1.34. The van der Waals surface area contributed by atoms with Crippen molar-refractivity contribution in [2.45, 2.75) is 56.5 Å². The van der Waals surface area contributed by atoms with Crippen molar-refractivity contribution in [1.29, 1.82) is 0 Å². The molecule has 2 heterocycles. The number of aryl methyl sites for hydroxylation is 2. The van der Waals surface area contributed by atoms with Gasteiger partial charge in [0, 0.05) is 18.0 Å². The van der Waals surface area contributed by atoms with Gasteiger partial charge >= 0.3 is 0 Å². The van der Waals surface area contributed by atoms with E-state index in [0.717, 1.165) is 29.5 Å². The van der Waals surface area contributed by atoms with Gasteiger partial charge in [-0.2, -0.15) is 0 Å². The molecule has 0 unspecified atom stereocenters. The molecule has 7 heteroatoms. The van der Waals surface area contributed by atoms with E-state index in [-0.39, 0.29) is 22.8 Å². The van der Waals surface area contributed by atoms with Crippen LogP contribution < -0.4 is 10.9 Å². The number of hydrogen-bond acceptors (Lipinski definition) is 5. The van der Waals surface area contributed by atoms with Crippen molar-refractivity contribution in [3.8, 4) is 0 Å². The van der Waals surface area contributed by atoms with Crippen LogP contribution in [0.3, 0.4) is 0 Å². The standard InChI is InChI=1S/C16H21N3O2S2/c1-8(2)17-13(20)9(3)22-16-18-14-12(15(21)19(16)4)10-6-5-7-11(10)23-14/h8-9H,5-7H2,1-4H3,(H,17,20)/t9-/m0/s1. The highest BCUT2D eigenvalue weighted by Crippen LogP contribution is 2.35. The van der Waals surface area contributed by atoms with Gasteiger partial charge in [0.1, 0.15) is 4.83 Å². The van der Waals surface area contributed by atoms with Gasteiger partial charge in [-0.25, -0.2) is 4.98 Å². The molecule has 0 spiro atoms. The van der Waals surface area contributed by atoms with Crippen LogP contribution in [0.25, 0.3) is 10.2 Å². The minimum absolute atomic E-state index is 0.00775. The molecule has 0 radical (unpaired) electrons. The zero-order valence-corrected chi connectivity index (χ0v) is 15.4. The van der Waals surface area contributed by atoms with Crippen molar-refractivity contribution >= 4 is 39.2 Å². The van der Waals surface area contributed by atoms with Crippen LogP contribution in [0.4, 0.5) is 0 Å². The number of thiophene rings is 1. The maximum absolute atomic E-state index is 12.7. The Morgan fingerprint density at radius 1 is 1.35 bits per heavy atom. The number of carbonyl (C=O) groups excluding carboxylic acids is 1. The van der Waals surface area contributed by atoms with E-state index in [9.17, 15) is 9.59 Å².